The Bertz CT molecular complexity index is 562. The van der Waals surface area contributed by atoms with Gasteiger partial charge < -0.3 is 5.11 Å². The Kier molecular flexibility index (Phi) is 4.84. The number of aliphatic hydroxyl groups is 1. The molecular weight excluding hydrogens is 266 g/mol. The van der Waals surface area contributed by atoms with Gasteiger partial charge in [0, 0.05) is 5.56 Å². The van der Waals surface area contributed by atoms with Gasteiger partial charge in [-0.1, -0.05) is 19.1 Å². The zero-order valence-electron chi connectivity index (χ0n) is 11.3. The number of benzene rings is 1. The Morgan fingerprint density at radius 2 is 2.05 bits per heavy atom. The number of Topliss-reactive ketones (excluding diaryl/α,β-unsaturated/α-hetero) is 1. The fraction of sp³-hybridized carbons (Fsp3) is 0.462. The fourth-order valence-electron chi connectivity index (χ4n) is 1.48. The van der Waals surface area contributed by atoms with Gasteiger partial charge in [-0.25, -0.2) is 13.1 Å². The van der Waals surface area contributed by atoms with E-state index in [4.69, 9.17) is 0 Å². The first kappa shape index (κ1) is 15.8. The molecule has 19 heavy (non-hydrogen) atoms. The summed E-state index contributed by atoms with van der Waals surface area (Å²) in [5.74, 6) is -0.197. The molecular formula is C13H19NO4S. The lowest BCUT2D eigenvalue weighted by Gasteiger charge is -2.26. The second kappa shape index (κ2) is 5.81. The van der Waals surface area contributed by atoms with Crippen LogP contribution in [0.1, 0.15) is 37.6 Å². The topological polar surface area (TPSA) is 83.5 Å². The van der Waals surface area contributed by atoms with Crippen molar-refractivity contribution >= 4 is 15.8 Å². The van der Waals surface area contributed by atoms with Crippen LogP contribution >= 0.6 is 0 Å². The van der Waals surface area contributed by atoms with Crippen LogP contribution in [0.15, 0.2) is 29.2 Å². The Hall–Kier alpha value is -1.24. The van der Waals surface area contributed by atoms with Crippen LogP contribution < -0.4 is 4.72 Å². The third-order valence-electron chi connectivity index (χ3n) is 3.06. The highest BCUT2D eigenvalue weighted by molar-refractivity contribution is 7.89. The van der Waals surface area contributed by atoms with Gasteiger partial charge in [-0.3, -0.25) is 4.79 Å². The third kappa shape index (κ3) is 3.86. The van der Waals surface area contributed by atoms with Gasteiger partial charge >= 0.3 is 0 Å². The molecule has 1 aromatic rings. The lowest BCUT2D eigenvalue weighted by atomic mass is 10.0. The Morgan fingerprint density at radius 3 is 2.53 bits per heavy atom. The molecule has 106 valence electrons. The van der Waals surface area contributed by atoms with Crippen LogP contribution in [-0.2, 0) is 10.0 Å². The first-order valence-corrected chi connectivity index (χ1v) is 7.48. The molecule has 6 heteroatoms. The maximum Gasteiger partial charge on any atom is 0.241 e. The van der Waals surface area contributed by atoms with Crippen LogP contribution in [0, 0.1) is 0 Å². The van der Waals surface area contributed by atoms with E-state index in [0.717, 1.165) is 0 Å². The van der Waals surface area contributed by atoms with Crippen molar-refractivity contribution in [3.63, 3.8) is 0 Å². The van der Waals surface area contributed by atoms with Gasteiger partial charge in [0.15, 0.2) is 5.78 Å². The van der Waals surface area contributed by atoms with Crippen LogP contribution in [-0.4, -0.2) is 31.5 Å². The predicted octanol–water partition coefficient (Wildman–Crippen LogP) is 1.33. The number of carbonyl (C=O) groups is 1. The van der Waals surface area contributed by atoms with Crippen molar-refractivity contribution in [1.29, 1.82) is 0 Å². The summed E-state index contributed by atoms with van der Waals surface area (Å²) < 4.78 is 26.9. The third-order valence-corrected chi connectivity index (χ3v) is 4.70. The van der Waals surface area contributed by atoms with Crippen molar-refractivity contribution < 1.29 is 18.3 Å². The number of aliphatic hydroxyl groups excluding tert-OH is 1. The molecule has 0 heterocycles. The Labute approximate surface area is 113 Å². The van der Waals surface area contributed by atoms with Crippen molar-refractivity contribution in [2.75, 3.05) is 6.61 Å². The lowest BCUT2D eigenvalue weighted by Crippen LogP contribution is -2.48. The van der Waals surface area contributed by atoms with Gasteiger partial charge in [0.2, 0.25) is 10.0 Å². The van der Waals surface area contributed by atoms with Gasteiger partial charge in [-0.15, -0.1) is 0 Å². The zero-order valence-corrected chi connectivity index (χ0v) is 12.1. The normalized spacial score (nSPS) is 14.9. The molecule has 2 N–H and O–H groups in total. The summed E-state index contributed by atoms with van der Waals surface area (Å²) in [6, 6.07) is 5.83. The summed E-state index contributed by atoms with van der Waals surface area (Å²) in [4.78, 5) is 11.3. The van der Waals surface area contributed by atoms with Crippen molar-refractivity contribution in [2.45, 2.75) is 37.6 Å². The molecule has 0 bridgehead atoms. The first-order chi connectivity index (χ1) is 8.74. The Morgan fingerprint density at radius 1 is 1.42 bits per heavy atom. The van der Waals surface area contributed by atoms with E-state index >= 15 is 0 Å². The van der Waals surface area contributed by atoms with Crippen LogP contribution in [0.3, 0.4) is 0 Å². The van der Waals surface area contributed by atoms with Gasteiger partial charge in [0.25, 0.3) is 0 Å². The maximum absolute atomic E-state index is 12.2. The van der Waals surface area contributed by atoms with E-state index in [1.54, 1.807) is 19.9 Å². The average Bonchev–Trinajstić information content (AvgIpc) is 2.38. The summed E-state index contributed by atoms with van der Waals surface area (Å²) in [7, 11) is -3.76. The van der Waals surface area contributed by atoms with Crippen molar-refractivity contribution in [2.24, 2.45) is 0 Å². The van der Waals surface area contributed by atoms with Crippen LogP contribution in [0.5, 0.6) is 0 Å². The number of rotatable bonds is 6. The molecule has 0 aliphatic heterocycles. The molecule has 0 amide bonds. The molecule has 0 aliphatic rings. The monoisotopic (exact) mass is 285 g/mol. The second-order valence-corrected chi connectivity index (χ2v) is 6.44. The largest absolute Gasteiger partial charge is 0.394 e. The van der Waals surface area contributed by atoms with Gasteiger partial charge in [-0.05, 0) is 32.4 Å². The van der Waals surface area contributed by atoms with Gasteiger partial charge in [0.05, 0.1) is 17.0 Å². The number of carbonyl (C=O) groups excluding carboxylic acids is 1. The van der Waals surface area contributed by atoms with Gasteiger partial charge in [0.1, 0.15) is 0 Å². The molecule has 0 fully saturated rings. The van der Waals surface area contributed by atoms with E-state index in [2.05, 4.69) is 4.72 Å². The minimum atomic E-state index is -3.76. The van der Waals surface area contributed by atoms with E-state index in [1.807, 2.05) is 0 Å². The smallest absolute Gasteiger partial charge is 0.241 e. The number of ketones is 1. The Balaban J connectivity index is 3.14. The molecule has 0 radical (unpaired) electrons. The number of hydrogen-bond donors (Lipinski definition) is 2. The summed E-state index contributed by atoms with van der Waals surface area (Å²) >= 11 is 0. The summed E-state index contributed by atoms with van der Waals surface area (Å²) in [5.41, 5.74) is -0.574. The number of nitrogens with one attached hydrogen (secondary N) is 1. The quantitative estimate of drug-likeness (QED) is 0.772. The highest BCUT2D eigenvalue weighted by atomic mass is 32.2. The predicted molar refractivity (Wildman–Crippen MR) is 72.5 cm³/mol. The molecule has 0 saturated heterocycles. The summed E-state index contributed by atoms with van der Waals surface area (Å²) in [6.45, 7) is 4.49. The number of sulfonamides is 1. The number of hydrogen-bond acceptors (Lipinski definition) is 4. The highest BCUT2D eigenvalue weighted by Crippen LogP contribution is 2.17. The van der Waals surface area contributed by atoms with Crippen LogP contribution in [0.25, 0.3) is 0 Å². The minimum Gasteiger partial charge on any atom is -0.394 e. The molecule has 1 unspecified atom stereocenters. The summed E-state index contributed by atoms with van der Waals surface area (Å²) in [5, 5.41) is 9.26. The minimum absolute atomic E-state index is 0.0216. The van der Waals surface area contributed by atoms with E-state index in [1.165, 1.54) is 25.1 Å². The van der Waals surface area contributed by atoms with Crippen molar-refractivity contribution in [3.05, 3.63) is 29.8 Å². The standard InChI is InChI=1S/C13H19NO4S/c1-4-13(3,9-15)14-19(17,18)12-7-5-6-11(8-12)10(2)16/h5-8,14-15H,4,9H2,1-3H3. The molecule has 5 nitrogen and oxygen atoms in total. The van der Waals surface area contributed by atoms with E-state index in [0.29, 0.717) is 12.0 Å². The zero-order chi connectivity index (χ0) is 14.7. The second-order valence-electron chi connectivity index (χ2n) is 4.76. The highest BCUT2D eigenvalue weighted by Gasteiger charge is 2.28. The molecule has 0 saturated carbocycles. The lowest BCUT2D eigenvalue weighted by molar-refractivity contribution is 0.101. The van der Waals surface area contributed by atoms with Crippen LogP contribution in [0.4, 0.5) is 0 Å². The summed E-state index contributed by atoms with van der Waals surface area (Å²) in [6.07, 6.45) is 0.454. The average molecular weight is 285 g/mol. The molecule has 0 spiro atoms. The molecule has 0 aliphatic carbocycles. The molecule has 1 atom stereocenters. The van der Waals surface area contributed by atoms with Crippen LogP contribution in [0.2, 0.25) is 0 Å². The molecule has 1 aromatic carbocycles. The van der Waals surface area contributed by atoms with E-state index in [9.17, 15) is 18.3 Å². The van der Waals surface area contributed by atoms with E-state index in [-0.39, 0.29) is 17.3 Å². The molecule has 1 rings (SSSR count). The molecule has 0 aromatic heterocycles. The fourth-order valence-corrected chi connectivity index (χ4v) is 3.00. The van der Waals surface area contributed by atoms with Crippen molar-refractivity contribution in [1.82, 2.24) is 4.72 Å². The van der Waals surface area contributed by atoms with Gasteiger partial charge in [-0.2, -0.15) is 0 Å². The maximum atomic E-state index is 12.2. The van der Waals surface area contributed by atoms with Crippen molar-refractivity contribution in [3.8, 4) is 0 Å². The first-order valence-electron chi connectivity index (χ1n) is 6.00. The SMILES string of the molecule is CCC(C)(CO)NS(=O)(=O)c1cccc(C(C)=O)c1. The van der Waals surface area contributed by atoms with E-state index < -0.39 is 15.6 Å².